The van der Waals surface area contributed by atoms with Gasteiger partial charge in [0.15, 0.2) is 0 Å². The lowest BCUT2D eigenvalue weighted by molar-refractivity contribution is 0.263. The monoisotopic (exact) mass is 392 g/mol. The molecule has 1 atom stereocenters. The number of aliphatic hydroxyl groups excluding tert-OH is 1. The summed E-state index contributed by atoms with van der Waals surface area (Å²) in [7, 11) is 0. The van der Waals surface area contributed by atoms with Crippen LogP contribution in [0.15, 0.2) is 46.9 Å². The Labute approximate surface area is 166 Å². The van der Waals surface area contributed by atoms with Crippen LogP contribution in [0.25, 0.3) is 32.1 Å². The smallest absolute Gasteiger partial charge is 0.318 e. The molecule has 2 aromatic carbocycles. The van der Waals surface area contributed by atoms with Crippen LogP contribution in [0.2, 0.25) is 0 Å². The van der Waals surface area contributed by atoms with Crippen molar-refractivity contribution in [2.24, 2.45) is 0 Å². The maximum atomic E-state index is 9.53. The van der Waals surface area contributed by atoms with Gasteiger partial charge in [0.05, 0.1) is 18.3 Å². The van der Waals surface area contributed by atoms with Crippen LogP contribution >= 0.6 is 11.3 Å². The van der Waals surface area contributed by atoms with E-state index in [0.717, 1.165) is 40.5 Å². The Balaban J connectivity index is 1.48. The van der Waals surface area contributed by atoms with Crippen molar-refractivity contribution >= 4 is 28.1 Å². The van der Waals surface area contributed by atoms with Gasteiger partial charge in [-0.15, -0.1) is 16.4 Å². The zero-order valence-electron chi connectivity index (χ0n) is 15.5. The summed E-state index contributed by atoms with van der Waals surface area (Å²) in [5.41, 5.74) is 1.96. The van der Waals surface area contributed by atoms with Gasteiger partial charge in [-0.25, -0.2) is 4.98 Å². The number of nitrogens with zero attached hydrogens (tertiary/aromatic N) is 4. The van der Waals surface area contributed by atoms with Crippen LogP contribution in [-0.4, -0.2) is 39.5 Å². The van der Waals surface area contributed by atoms with Crippen LogP contribution < -0.4 is 4.90 Å². The molecule has 0 spiro atoms. The van der Waals surface area contributed by atoms with E-state index in [1.54, 1.807) is 11.3 Å². The molecule has 1 saturated heterocycles. The average Bonchev–Trinajstić information content (AvgIpc) is 3.46. The first-order valence-corrected chi connectivity index (χ1v) is 10.2. The quantitative estimate of drug-likeness (QED) is 0.559. The van der Waals surface area contributed by atoms with Crippen LogP contribution in [0.5, 0.6) is 0 Å². The predicted octanol–water partition coefficient (Wildman–Crippen LogP) is 4.28. The SMILES string of the molecule is Cc1nc(-c2ccc3ccccc3c2)sc1-c1nnc(N2CCC[C@@H]2CO)o1. The molecule has 0 saturated carbocycles. The van der Waals surface area contributed by atoms with E-state index in [2.05, 4.69) is 40.5 Å². The molecule has 0 amide bonds. The summed E-state index contributed by atoms with van der Waals surface area (Å²) >= 11 is 1.56. The zero-order chi connectivity index (χ0) is 19.1. The van der Waals surface area contributed by atoms with Gasteiger partial charge in [-0.2, -0.15) is 0 Å². The Morgan fingerprint density at radius 1 is 1.18 bits per heavy atom. The van der Waals surface area contributed by atoms with Gasteiger partial charge in [-0.05, 0) is 36.6 Å². The minimum absolute atomic E-state index is 0.0593. The van der Waals surface area contributed by atoms with Gasteiger partial charge < -0.3 is 14.4 Å². The molecule has 1 aliphatic heterocycles. The standard InChI is InChI=1S/C21H20N4O2S/c1-13-18(19-23-24-21(27-19)25-10-4-7-17(25)12-26)28-20(22-13)16-9-8-14-5-2-3-6-15(14)11-16/h2-3,5-6,8-9,11,17,26H,4,7,10,12H2,1H3/t17-/m1/s1. The second kappa shape index (κ2) is 7.00. The van der Waals surface area contributed by atoms with Crippen LogP contribution in [0, 0.1) is 6.92 Å². The van der Waals surface area contributed by atoms with E-state index in [0.29, 0.717) is 11.9 Å². The number of thiazole rings is 1. The van der Waals surface area contributed by atoms with Crippen molar-refractivity contribution in [3.05, 3.63) is 48.2 Å². The Bertz CT molecular complexity index is 1140. The van der Waals surface area contributed by atoms with Crippen molar-refractivity contribution in [3.8, 4) is 21.3 Å². The van der Waals surface area contributed by atoms with Gasteiger partial charge in [0.1, 0.15) is 9.88 Å². The van der Waals surface area contributed by atoms with Crippen molar-refractivity contribution in [2.45, 2.75) is 25.8 Å². The fraction of sp³-hybridized carbons (Fsp3) is 0.286. The van der Waals surface area contributed by atoms with Crippen molar-refractivity contribution < 1.29 is 9.52 Å². The maximum absolute atomic E-state index is 9.53. The maximum Gasteiger partial charge on any atom is 0.318 e. The van der Waals surface area contributed by atoms with Crippen LogP contribution in [-0.2, 0) is 0 Å². The minimum atomic E-state index is 0.0593. The zero-order valence-corrected chi connectivity index (χ0v) is 16.3. The first-order chi connectivity index (χ1) is 13.7. The van der Waals surface area contributed by atoms with E-state index >= 15 is 0 Å². The molecule has 0 unspecified atom stereocenters. The fourth-order valence-corrected chi connectivity index (χ4v) is 4.73. The first-order valence-electron chi connectivity index (χ1n) is 9.41. The predicted molar refractivity (Wildman–Crippen MR) is 111 cm³/mol. The molecule has 1 aliphatic rings. The van der Waals surface area contributed by atoms with Gasteiger partial charge in [-0.1, -0.05) is 41.5 Å². The Kier molecular flexibility index (Phi) is 4.33. The van der Waals surface area contributed by atoms with Crippen LogP contribution in [0.1, 0.15) is 18.5 Å². The molecule has 0 bridgehead atoms. The molecule has 4 aromatic rings. The number of hydrogen-bond acceptors (Lipinski definition) is 7. The van der Waals surface area contributed by atoms with E-state index in [9.17, 15) is 5.11 Å². The number of aliphatic hydroxyl groups is 1. The van der Waals surface area contributed by atoms with E-state index in [-0.39, 0.29) is 12.6 Å². The molecule has 1 N–H and O–H groups in total. The average molecular weight is 392 g/mol. The second-order valence-electron chi connectivity index (χ2n) is 7.06. The molecular formula is C21H20N4O2S. The lowest BCUT2D eigenvalue weighted by Gasteiger charge is -2.19. The third kappa shape index (κ3) is 2.96. The number of aryl methyl sites for hydroxylation is 1. The molecule has 3 heterocycles. The Hall–Kier alpha value is -2.77. The van der Waals surface area contributed by atoms with Gasteiger partial charge >= 0.3 is 6.01 Å². The van der Waals surface area contributed by atoms with Crippen molar-refractivity contribution in [1.82, 2.24) is 15.2 Å². The minimum Gasteiger partial charge on any atom is -0.402 e. The normalized spacial score (nSPS) is 16.9. The lowest BCUT2D eigenvalue weighted by atomic mass is 10.1. The number of hydrogen-bond donors (Lipinski definition) is 1. The van der Waals surface area contributed by atoms with E-state index in [4.69, 9.17) is 9.40 Å². The molecule has 1 fully saturated rings. The van der Waals surface area contributed by atoms with Gasteiger partial charge in [0.2, 0.25) is 0 Å². The summed E-state index contributed by atoms with van der Waals surface area (Å²) in [6, 6.07) is 15.2. The van der Waals surface area contributed by atoms with Crippen LogP contribution in [0.4, 0.5) is 6.01 Å². The number of benzene rings is 2. The summed E-state index contributed by atoms with van der Waals surface area (Å²) < 4.78 is 5.95. The number of fused-ring (bicyclic) bond motifs is 1. The molecule has 5 rings (SSSR count). The lowest BCUT2D eigenvalue weighted by Crippen LogP contribution is -2.32. The third-order valence-electron chi connectivity index (χ3n) is 5.24. The Morgan fingerprint density at radius 3 is 2.89 bits per heavy atom. The highest BCUT2D eigenvalue weighted by Crippen LogP contribution is 2.37. The summed E-state index contributed by atoms with van der Waals surface area (Å²) in [5, 5.41) is 21.3. The van der Waals surface area contributed by atoms with E-state index < -0.39 is 0 Å². The van der Waals surface area contributed by atoms with Crippen molar-refractivity contribution in [2.75, 3.05) is 18.1 Å². The van der Waals surface area contributed by atoms with Crippen molar-refractivity contribution in [1.29, 1.82) is 0 Å². The highest BCUT2D eigenvalue weighted by atomic mass is 32.1. The summed E-state index contributed by atoms with van der Waals surface area (Å²) in [4.78, 5) is 7.63. The molecule has 142 valence electrons. The molecular weight excluding hydrogens is 372 g/mol. The van der Waals surface area contributed by atoms with E-state index in [1.807, 2.05) is 24.0 Å². The molecule has 2 aromatic heterocycles. The third-order valence-corrected chi connectivity index (χ3v) is 6.43. The Morgan fingerprint density at radius 2 is 2.04 bits per heavy atom. The topological polar surface area (TPSA) is 75.3 Å². The summed E-state index contributed by atoms with van der Waals surface area (Å²) in [6.07, 6.45) is 1.97. The highest BCUT2D eigenvalue weighted by molar-refractivity contribution is 7.18. The largest absolute Gasteiger partial charge is 0.402 e. The number of anilines is 1. The second-order valence-corrected chi connectivity index (χ2v) is 8.06. The van der Waals surface area contributed by atoms with Crippen molar-refractivity contribution in [3.63, 3.8) is 0 Å². The van der Waals surface area contributed by atoms with Gasteiger partial charge in [0, 0.05) is 12.1 Å². The number of aromatic nitrogens is 3. The fourth-order valence-electron chi connectivity index (χ4n) is 3.74. The molecule has 28 heavy (non-hydrogen) atoms. The van der Waals surface area contributed by atoms with Gasteiger partial charge in [0.25, 0.3) is 5.89 Å². The molecule has 0 aliphatic carbocycles. The summed E-state index contributed by atoms with van der Waals surface area (Å²) in [5.74, 6) is 0.487. The first kappa shape index (κ1) is 17.3. The van der Waals surface area contributed by atoms with E-state index in [1.165, 1.54) is 10.8 Å². The highest BCUT2D eigenvalue weighted by Gasteiger charge is 2.28. The molecule has 6 nitrogen and oxygen atoms in total. The van der Waals surface area contributed by atoms with Gasteiger partial charge in [-0.3, -0.25) is 0 Å². The molecule has 0 radical (unpaired) electrons. The molecule has 7 heteroatoms. The number of rotatable bonds is 4. The summed E-state index contributed by atoms with van der Waals surface area (Å²) in [6.45, 7) is 2.90. The van der Waals surface area contributed by atoms with Crippen LogP contribution in [0.3, 0.4) is 0 Å².